The van der Waals surface area contributed by atoms with Crippen LogP contribution in [-0.2, 0) is 11.3 Å². The van der Waals surface area contributed by atoms with E-state index >= 15 is 0 Å². The predicted octanol–water partition coefficient (Wildman–Crippen LogP) is 2.24. The molecule has 11 heteroatoms. The molecule has 2 aromatic heterocycles. The van der Waals surface area contributed by atoms with Crippen molar-refractivity contribution in [3.63, 3.8) is 0 Å². The number of aromatic nitrogens is 4. The molecule has 1 aliphatic carbocycles. The van der Waals surface area contributed by atoms with Crippen molar-refractivity contribution in [1.82, 2.24) is 24.2 Å². The second-order valence-electron chi connectivity index (χ2n) is 10.1. The quantitative estimate of drug-likeness (QED) is 0.537. The molecule has 3 heterocycles. The molecule has 2 amide bonds. The molecule has 5 rings (SSSR count). The van der Waals surface area contributed by atoms with Crippen molar-refractivity contribution < 1.29 is 19.8 Å². The van der Waals surface area contributed by atoms with Gasteiger partial charge in [0, 0.05) is 30.7 Å². The van der Waals surface area contributed by atoms with Gasteiger partial charge in [-0.15, -0.1) is 0 Å². The van der Waals surface area contributed by atoms with Crippen molar-refractivity contribution in [3.05, 3.63) is 47.1 Å². The maximum Gasteiger partial charge on any atom is 0.412 e. The molecule has 0 radical (unpaired) electrons. The van der Waals surface area contributed by atoms with Crippen molar-refractivity contribution in [2.45, 2.75) is 57.7 Å². The number of carbonyl (C=O) groups is 2. The summed E-state index contributed by atoms with van der Waals surface area (Å²) in [5.41, 5.74) is 0.159. The monoisotopic (exact) mass is 494 g/mol. The van der Waals surface area contributed by atoms with Crippen molar-refractivity contribution >= 4 is 28.7 Å². The minimum Gasteiger partial charge on any atom is -0.465 e. The van der Waals surface area contributed by atoms with Gasteiger partial charge in [0.1, 0.15) is 11.7 Å². The summed E-state index contributed by atoms with van der Waals surface area (Å²) in [5.74, 6) is 0.335. The highest BCUT2D eigenvalue weighted by Gasteiger charge is 2.39. The highest BCUT2D eigenvalue weighted by Crippen LogP contribution is 2.33. The topological polar surface area (TPSA) is 134 Å². The van der Waals surface area contributed by atoms with Crippen LogP contribution in [0.5, 0.6) is 0 Å². The van der Waals surface area contributed by atoms with Crippen molar-refractivity contribution in [2.24, 2.45) is 5.92 Å². The van der Waals surface area contributed by atoms with Crippen LogP contribution in [0.4, 0.5) is 10.5 Å². The average molecular weight is 495 g/mol. The molecule has 1 aromatic carbocycles. The van der Waals surface area contributed by atoms with E-state index < -0.39 is 11.7 Å². The molecular formula is C25H30N6O5. The summed E-state index contributed by atoms with van der Waals surface area (Å²) in [7, 11) is 0. The Labute approximate surface area is 207 Å². The summed E-state index contributed by atoms with van der Waals surface area (Å²) in [4.78, 5) is 44.6. The number of benzene rings is 1. The SMILES string of the molecule is CC(C)N(C(=O)O)c1ccc(-n2ncc3c(=O)n(CC4(O)CCN(C(=O)C5CC5)CC4)cnc32)cc1. The Bertz CT molecular complexity index is 1350. The molecule has 11 nitrogen and oxygen atoms in total. The number of likely N-dealkylation sites (tertiary alicyclic amines) is 1. The summed E-state index contributed by atoms with van der Waals surface area (Å²) >= 11 is 0. The fraction of sp³-hybridized carbons (Fsp3) is 0.480. The van der Waals surface area contributed by atoms with E-state index in [1.807, 2.05) is 4.90 Å². The van der Waals surface area contributed by atoms with E-state index in [1.54, 1.807) is 38.1 Å². The number of carboxylic acid groups (broad SMARTS) is 1. The lowest BCUT2D eigenvalue weighted by molar-refractivity contribution is -0.137. The third kappa shape index (κ3) is 4.46. The van der Waals surface area contributed by atoms with Crippen LogP contribution in [0, 0.1) is 5.92 Å². The predicted molar refractivity (Wildman–Crippen MR) is 132 cm³/mol. The van der Waals surface area contributed by atoms with Gasteiger partial charge in [0.2, 0.25) is 5.91 Å². The van der Waals surface area contributed by atoms with Crippen LogP contribution in [0.25, 0.3) is 16.7 Å². The fourth-order valence-electron chi connectivity index (χ4n) is 4.84. The van der Waals surface area contributed by atoms with Crippen molar-refractivity contribution in [3.8, 4) is 5.69 Å². The van der Waals surface area contributed by atoms with Crippen LogP contribution in [0.3, 0.4) is 0 Å². The van der Waals surface area contributed by atoms with Gasteiger partial charge in [-0.25, -0.2) is 14.5 Å². The molecule has 2 aliphatic rings. The first-order valence-electron chi connectivity index (χ1n) is 12.2. The maximum absolute atomic E-state index is 13.2. The van der Waals surface area contributed by atoms with Gasteiger partial charge >= 0.3 is 6.09 Å². The molecule has 190 valence electrons. The molecule has 0 bridgehead atoms. The van der Waals surface area contributed by atoms with Crippen molar-refractivity contribution in [1.29, 1.82) is 0 Å². The molecule has 3 aromatic rings. The number of carbonyl (C=O) groups excluding carboxylic acids is 1. The fourth-order valence-corrected chi connectivity index (χ4v) is 4.84. The summed E-state index contributed by atoms with van der Waals surface area (Å²) in [6, 6.07) is 6.61. The molecule has 1 saturated heterocycles. The standard InChI is InChI=1S/C25H30N6O5/c1-16(2)30(24(34)35)18-5-7-19(8-6-18)31-21-20(13-27-31)23(33)29(15-26-21)14-25(36)9-11-28(12-10-25)22(32)17-3-4-17/h5-8,13,15-17,36H,3-4,9-12,14H2,1-2H3,(H,34,35). The largest absolute Gasteiger partial charge is 0.465 e. The van der Waals surface area contributed by atoms with E-state index in [0.29, 0.717) is 48.3 Å². The molecule has 0 unspecified atom stereocenters. The number of piperidine rings is 1. The molecule has 0 spiro atoms. The molecule has 0 atom stereocenters. The molecule has 1 aliphatic heterocycles. The zero-order chi connectivity index (χ0) is 25.6. The Hall–Kier alpha value is -3.73. The number of fused-ring (bicyclic) bond motifs is 1. The first kappa shape index (κ1) is 24.0. The molecule has 36 heavy (non-hydrogen) atoms. The van der Waals surface area contributed by atoms with Crippen LogP contribution in [0.1, 0.15) is 39.5 Å². The van der Waals surface area contributed by atoms with Gasteiger partial charge in [0.05, 0.1) is 24.0 Å². The Kier molecular flexibility index (Phi) is 6.03. The van der Waals surface area contributed by atoms with Crippen molar-refractivity contribution in [2.75, 3.05) is 18.0 Å². The number of nitrogens with zero attached hydrogens (tertiary/aromatic N) is 6. The molecule has 2 N–H and O–H groups in total. The Balaban J connectivity index is 1.34. The number of rotatable bonds is 6. The second kappa shape index (κ2) is 9.05. The molecular weight excluding hydrogens is 464 g/mol. The van der Waals surface area contributed by atoms with Gasteiger partial charge in [-0.05, 0) is 63.8 Å². The number of hydrogen-bond acceptors (Lipinski definition) is 6. The zero-order valence-electron chi connectivity index (χ0n) is 20.4. The lowest BCUT2D eigenvalue weighted by Gasteiger charge is -2.38. The normalized spacial score (nSPS) is 17.5. The van der Waals surface area contributed by atoms with Crippen LogP contribution in [0.15, 0.2) is 41.6 Å². The highest BCUT2D eigenvalue weighted by atomic mass is 16.4. The lowest BCUT2D eigenvalue weighted by atomic mass is 9.91. The summed E-state index contributed by atoms with van der Waals surface area (Å²) in [5, 5.41) is 25.2. The Morgan fingerprint density at radius 1 is 1.17 bits per heavy atom. The van der Waals surface area contributed by atoms with Crippen LogP contribution < -0.4 is 10.5 Å². The minimum absolute atomic E-state index is 0.0976. The van der Waals surface area contributed by atoms with Gasteiger partial charge < -0.3 is 15.1 Å². The number of hydrogen-bond donors (Lipinski definition) is 2. The highest BCUT2D eigenvalue weighted by molar-refractivity contribution is 5.87. The number of aliphatic hydroxyl groups is 1. The van der Waals surface area contributed by atoms with Gasteiger partial charge in [0.25, 0.3) is 5.56 Å². The average Bonchev–Trinajstić information content (AvgIpc) is 3.60. The number of anilines is 1. The summed E-state index contributed by atoms with van der Waals surface area (Å²) in [6.07, 6.45) is 4.56. The zero-order valence-corrected chi connectivity index (χ0v) is 20.4. The maximum atomic E-state index is 13.2. The van der Waals surface area contributed by atoms with Crippen LogP contribution in [0.2, 0.25) is 0 Å². The van der Waals surface area contributed by atoms with E-state index in [9.17, 15) is 24.6 Å². The van der Waals surface area contributed by atoms with E-state index in [4.69, 9.17) is 0 Å². The van der Waals surface area contributed by atoms with E-state index in [1.165, 1.54) is 26.7 Å². The van der Waals surface area contributed by atoms with Crippen LogP contribution in [-0.4, -0.2) is 71.2 Å². The van der Waals surface area contributed by atoms with E-state index in [2.05, 4.69) is 10.1 Å². The first-order valence-corrected chi connectivity index (χ1v) is 12.2. The number of amides is 2. The van der Waals surface area contributed by atoms with E-state index in [-0.39, 0.29) is 30.0 Å². The lowest BCUT2D eigenvalue weighted by Crippen LogP contribution is -2.50. The van der Waals surface area contributed by atoms with Gasteiger partial charge in [0.15, 0.2) is 5.65 Å². The van der Waals surface area contributed by atoms with Gasteiger partial charge in [-0.1, -0.05) is 0 Å². The summed E-state index contributed by atoms with van der Waals surface area (Å²) < 4.78 is 2.94. The first-order chi connectivity index (χ1) is 17.2. The van der Waals surface area contributed by atoms with Crippen LogP contribution >= 0.6 is 0 Å². The molecule has 1 saturated carbocycles. The molecule has 2 fully saturated rings. The third-order valence-electron chi connectivity index (χ3n) is 7.05. The Morgan fingerprint density at radius 3 is 2.42 bits per heavy atom. The van der Waals surface area contributed by atoms with Gasteiger partial charge in [-0.3, -0.25) is 19.1 Å². The minimum atomic E-state index is -1.09. The smallest absolute Gasteiger partial charge is 0.412 e. The summed E-state index contributed by atoms with van der Waals surface area (Å²) in [6.45, 7) is 4.66. The third-order valence-corrected chi connectivity index (χ3v) is 7.05. The van der Waals surface area contributed by atoms with Gasteiger partial charge in [-0.2, -0.15) is 5.10 Å². The second-order valence-corrected chi connectivity index (χ2v) is 10.1. The van der Waals surface area contributed by atoms with E-state index in [0.717, 1.165) is 12.8 Å². The Morgan fingerprint density at radius 2 is 1.83 bits per heavy atom.